The van der Waals surface area contributed by atoms with Crippen LogP contribution in [0.3, 0.4) is 0 Å². The average molecular weight is 294 g/mol. The first-order valence-corrected chi connectivity index (χ1v) is 7.40. The molecule has 0 aliphatic heterocycles. The van der Waals surface area contributed by atoms with E-state index in [0.717, 1.165) is 22.0 Å². The number of halogens is 1. The first-order chi connectivity index (χ1) is 9.22. The van der Waals surface area contributed by atoms with Gasteiger partial charge in [0.15, 0.2) is 0 Å². The van der Waals surface area contributed by atoms with Crippen LogP contribution in [0.5, 0.6) is 0 Å². The minimum Gasteiger partial charge on any atom is -0.326 e. The van der Waals surface area contributed by atoms with E-state index < -0.39 is 0 Å². The van der Waals surface area contributed by atoms with Crippen molar-refractivity contribution in [3.8, 4) is 0 Å². The highest BCUT2D eigenvalue weighted by Gasteiger charge is 2.22. The van der Waals surface area contributed by atoms with E-state index in [4.69, 9.17) is 17.3 Å². The van der Waals surface area contributed by atoms with E-state index in [1.54, 1.807) is 24.3 Å². The third-order valence-electron chi connectivity index (χ3n) is 2.87. The molecule has 19 heavy (non-hydrogen) atoms. The van der Waals surface area contributed by atoms with Crippen LogP contribution in [0, 0.1) is 0 Å². The van der Waals surface area contributed by atoms with Crippen LogP contribution in [-0.2, 0) is 0 Å². The molecule has 0 bridgehead atoms. The van der Waals surface area contributed by atoms with Crippen molar-refractivity contribution in [1.29, 1.82) is 0 Å². The lowest BCUT2D eigenvalue weighted by Crippen LogP contribution is -2.26. The van der Waals surface area contributed by atoms with Crippen LogP contribution in [0.25, 0.3) is 0 Å². The van der Waals surface area contributed by atoms with Gasteiger partial charge in [-0.15, -0.1) is 0 Å². The van der Waals surface area contributed by atoms with Gasteiger partial charge in [-0.2, -0.15) is 0 Å². The second kappa shape index (κ2) is 6.89. The molecule has 100 valence electrons. The molecule has 0 aliphatic carbocycles. The van der Waals surface area contributed by atoms with Crippen molar-refractivity contribution >= 4 is 23.4 Å². The maximum absolute atomic E-state index is 6.28. The van der Waals surface area contributed by atoms with Crippen LogP contribution in [-0.4, -0.2) is 16.0 Å². The van der Waals surface area contributed by atoms with Crippen LogP contribution < -0.4 is 5.73 Å². The van der Waals surface area contributed by atoms with Gasteiger partial charge in [-0.25, -0.2) is 9.97 Å². The van der Waals surface area contributed by atoms with Crippen molar-refractivity contribution in [2.24, 2.45) is 5.73 Å². The van der Waals surface area contributed by atoms with E-state index in [1.807, 2.05) is 30.3 Å². The molecule has 2 atom stereocenters. The van der Waals surface area contributed by atoms with Crippen LogP contribution in [0.2, 0.25) is 5.02 Å². The van der Waals surface area contributed by atoms with Gasteiger partial charge in [0.05, 0.1) is 10.3 Å². The second-order valence-corrected chi connectivity index (χ2v) is 5.75. The van der Waals surface area contributed by atoms with E-state index >= 15 is 0 Å². The van der Waals surface area contributed by atoms with Crippen LogP contribution in [0.1, 0.15) is 24.2 Å². The molecular formula is C14H16ClN3S. The molecule has 1 aromatic heterocycles. The van der Waals surface area contributed by atoms with Gasteiger partial charge in [0.2, 0.25) is 0 Å². The van der Waals surface area contributed by atoms with Gasteiger partial charge in [0.1, 0.15) is 6.33 Å². The lowest BCUT2D eigenvalue weighted by molar-refractivity contribution is 0.633. The summed E-state index contributed by atoms with van der Waals surface area (Å²) in [6, 6.07) is 9.74. The topological polar surface area (TPSA) is 51.8 Å². The van der Waals surface area contributed by atoms with Crippen LogP contribution >= 0.6 is 23.4 Å². The Kier molecular flexibility index (Phi) is 5.19. The Hall–Kier alpha value is -1.10. The van der Waals surface area contributed by atoms with Gasteiger partial charge in [-0.1, -0.05) is 48.5 Å². The molecule has 0 amide bonds. The Morgan fingerprint density at radius 1 is 1.32 bits per heavy atom. The number of hydrogen-bond donors (Lipinski definition) is 1. The highest BCUT2D eigenvalue weighted by Crippen LogP contribution is 2.39. The molecule has 1 heterocycles. The molecule has 2 N–H and O–H groups in total. The second-order valence-electron chi connectivity index (χ2n) is 4.18. The summed E-state index contributed by atoms with van der Waals surface area (Å²) in [4.78, 5) is 8.17. The summed E-state index contributed by atoms with van der Waals surface area (Å²) < 4.78 is 0. The molecule has 5 heteroatoms. The van der Waals surface area contributed by atoms with E-state index in [0.29, 0.717) is 0 Å². The first kappa shape index (κ1) is 14.3. The normalized spacial score (nSPS) is 14.1. The number of benzene rings is 1. The van der Waals surface area contributed by atoms with Crippen molar-refractivity contribution in [2.75, 3.05) is 0 Å². The molecule has 0 saturated carbocycles. The molecule has 0 spiro atoms. The Bertz CT molecular complexity index is 521. The number of aromatic nitrogens is 2. The van der Waals surface area contributed by atoms with E-state index in [1.165, 1.54) is 0 Å². The molecule has 0 saturated heterocycles. The van der Waals surface area contributed by atoms with Gasteiger partial charge >= 0.3 is 0 Å². The smallest absolute Gasteiger partial charge is 0.116 e. The summed E-state index contributed by atoms with van der Waals surface area (Å²) in [5.41, 5.74) is 7.30. The molecule has 2 aromatic rings. The molecule has 0 fully saturated rings. The predicted octanol–water partition coefficient (Wildman–Crippen LogP) is 3.70. The first-order valence-electron chi connectivity index (χ1n) is 6.15. The monoisotopic (exact) mass is 293 g/mol. The molecule has 0 radical (unpaired) electrons. The summed E-state index contributed by atoms with van der Waals surface area (Å²) in [5, 5.41) is 1.75. The van der Waals surface area contributed by atoms with Crippen molar-refractivity contribution < 1.29 is 0 Å². The Balaban J connectivity index is 2.29. The maximum atomic E-state index is 6.28. The number of thioether (sulfide) groups is 1. The van der Waals surface area contributed by atoms with Gasteiger partial charge in [-0.3, -0.25) is 0 Å². The standard InChI is InChI=1S/C14H16ClN3S/c1-2-12(16)14(10-5-3-4-6-11(10)15)19-13-7-8-17-9-18-13/h3-9,12,14H,2,16H2,1H3. The van der Waals surface area contributed by atoms with Crippen molar-refractivity contribution in [3.63, 3.8) is 0 Å². The number of rotatable bonds is 5. The summed E-state index contributed by atoms with van der Waals surface area (Å²) in [7, 11) is 0. The zero-order valence-electron chi connectivity index (χ0n) is 10.7. The Morgan fingerprint density at radius 3 is 2.74 bits per heavy atom. The average Bonchev–Trinajstić information content (AvgIpc) is 2.46. The Labute approximate surface area is 122 Å². The maximum Gasteiger partial charge on any atom is 0.116 e. The quantitative estimate of drug-likeness (QED) is 0.674. The van der Waals surface area contributed by atoms with Gasteiger partial charge in [0, 0.05) is 17.3 Å². The van der Waals surface area contributed by atoms with Crippen molar-refractivity contribution in [2.45, 2.75) is 29.7 Å². The molecular weight excluding hydrogens is 278 g/mol. The summed E-state index contributed by atoms with van der Waals surface area (Å²) in [5.74, 6) is 0. The van der Waals surface area contributed by atoms with Gasteiger partial charge in [0.25, 0.3) is 0 Å². The summed E-state index contributed by atoms with van der Waals surface area (Å²) in [6.07, 6.45) is 4.16. The SMILES string of the molecule is CCC(N)C(Sc1ccncn1)c1ccccc1Cl. The fourth-order valence-electron chi connectivity index (χ4n) is 1.78. The minimum absolute atomic E-state index is 0.0277. The molecule has 2 rings (SSSR count). The molecule has 0 aliphatic rings. The largest absolute Gasteiger partial charge is 0.326 e. The van der Waals surface area contributed by atoms with Crippen LogP contribution in [0.15, 0.2) is 47.9 Å². The van der Waals surface area contributed by atoms with Gasteiger partial charge in [-0.05, 0) is 24.1 Å². The molecule has 3 nitrogen and oxygen atoms in total. The van der Waals surface area contributed by atoms with E-state index in [2.05, 4.69) is 16.9 Å². The number of hydrogen-bond acceptors (Lipinski definition) is 4. The molecule has 1 aromatic carbocycles. The predicted molar refractivity (Wildman–Crippen MR) is 80.3 cm³/mol. The summed E-state index contributed by atoms with van der Waals surface area (Å²) >= 11 is 7.91. The van der Waals surface area contributed by atoms with E-state index in [9.17, 15) is 0 Å². The Morgan fingerprint density at radius 2 is 2.11 bits per heavy atom. The zero-order valence-corrected chi connectivity index (χ0v) is 12.2. The number of nitrogens with zero attached hydrogens (tertiary/aromatic N) is 2. The molecule has 2 unspecified atom stereocenters. The number of nitrogens with two attached hydrogens (primary N) is 1. The summed E-state index contributed by atoms with van der Waals surface area (Å²) in [6.45, 7) is 2.08. The lowest BCUT2D eigenvalue weighted by atomic mass is 10.0. The highest BCUT2D eigenvalue weighted by atomic mass is 35.5. The van der Waals surface area contributed by atoms with Crippen molar-refractivity contribution in [1.82, 2.24) is 9.97 Å². The van der Waals surface area contributed by atoms with Crippen molar-refractivity contribution in [3.05, 3.63) is 53.4 Å². The van der Waals surface area contributed by atoms with Gasteiger partial charge < -0.3 is 5.73 Å². The van der Waals surface area contributed by atoms with Crippen LogP contribution in [0.4, 0.5) is 0 Å². The fourth-order valence-corrected chi connectivity index (χ4v) is 3.31. The fraction of sp³-hybridized carbons (Fsp3) is 0.286. The lowest BCUT2D eigenvalue weighted by Gasteiger charge is -2.23. The third-order valence-corrected chi connectivity index (χ3v) is 4.56. The minimum atomic E-state index is 0.0277. The zero-order chi connectivity index (χ0) is 13.7. The highest BCUT2D eigenvalue weighted by molar-refractivity contribution is 7.99. The third kappa shape index (κ3) is 3.69. The van der Waals surface area contributed by atoms with E-state index in [-0.39, 0.29) is 11.3 Å².